The van der Waals surface area contributed by atoms with E-state index in [1.165, 1.54) is 6.07 Å². The summed E-state index contributed by atoms with van der Waals surface area (Å²) in [5, 5.41) is 1.27. The maximum absolute atomic E-state index is 12.6. The Balaban J connectivity index is 0.00000200. The van der Waals surface area contributed by atoms with Crippen molar-refractivity contribution in [2.45, 2.75) is 13.0 Å². The van der Waals surface area contributed by atoms with Gasteiger partial charge in [0.15, 0.2) is 0 Å². The first-order valence-electron chi connectivity index (χ1n) is 5.93. The monoisotopic (exact) mass is 304 g/mol. The Kier molecular flexibility index (Phi) is 6.34. The van der Waals surface area contributed by atoms with Crippen molar-refractivity contribution >= 4 is 23.2 Å². The van der Waals surface area contributed by atoms with Crippen molar-refractivity contribution in [1.29, 1.82) is 0 Å². The Hall–Kier alpha value is -0.269. The predicted molar refractivity (Wildman–Crippen MR) is 72.9 cm³/mol. The molecular formula is C14H13BF3KO. The van der Waals surface area contributed by atoms with Gasteiger partial charge in [0, 0.05) is 0 Å². The van der Waals surface area contributed by atoms with Crippen LogP contribution in [0.15, 0.2) is 49.1 Å². The van der Waals surface area contributed by atoms with Crippen LogP contribution in [0.2, 0.25) is 0 Å². The van der Waals surface area contributed by atoms with E-state index in [0.29, 0.717) is 11.1 Å². The molecule has 0 radical (unpaired) electrons. The molecule has 0 fully saturated rings. The van der Waals surface area contributed by atoms with E-state index in [4.69, 9.17) is 4.74 Å². The van der Waals surface area contributed by atoms with Gasteiger partial charge in [-0.3, -0.25) is 0 Å². The molecule has 1 nitrogen and oxygen atoms in total. The maximum Gasteiger partial charge on any atom is 1.00 e. The van der Waals surface area contributed by atoms with E-state index < -0.39 is 12.4 Å². The summed E-state index contributed by atoms with van der Waals surface area (Å²) in [7, 11) is 0. The van der Waals surface area contributed by atoms with Gasteiger partial charge < -0.3 is 17.7 Å². The van der Waals surface area contributed by atoms with Gasteiger partial charge in [0.25, 0.3) is 0 Å². The van der Waals surface area contributed by atoms with E-state index in [1.807, 2.05) is 6.92 Å². The van der Waals surface area contributed by atoms with Crippen LogP contribution in [0.3, 0.4) is 0 Å². The van der Waals surface area contributed by atoms with Crippen LogP contribution < -0.4 is 61.6 Å². The van der Waals surface area contributed by atoms with Crippen molar-refractivity contribution in [2.24, 2.45) is 0 Å². The third kappa shape index (κ3) is 4.36. The summed E-state index contributed by atoms with van der Waals surface area (Å²) < 4.78 is 43.5. The van der Waals surface area contributed by atoms with E-state index in [-0.39, 0.29) is 57.5 Å². The first-order valence-corrected chi connectivity index (χ1v) is 5.93. The average Bonchev–Trinajstić information content (AvgIpc) is 2.36. The molecule has 6 heteroatoms. The molecule has 2 rings (SSSR count). The third-order valence-corrected chi connectivity index (χ3v) is 2.87. The maximum atomic E-state index is 12.6. The van der Waals surface area contributed by atoms with Crippen molar-refractivity contribution < 1.29 is 69.1 Å². The molecular weight excluding hydrogens is 291 g/mol. The second kappa shape index (κ2) is 7.13. The number of rotatable bonds is 4. The molecule has 0 aliphatic rings. The minimum atomic E-state index is -4.96. The SMILES string of the molecule is C=CC(C)Oc1ccc2cc([B-](F)(F)F)ccc2c1.[K+]. The topological polar surface area (TPSA) is 9.23 Å². The summed E-state index contributed by atoms with van der Waals surface area (Å²) in [5.41, 5.74) is -0.583. The van der Waals surface area contributed by atoms with E-state index in [9.17, 15) is 12.9 Å². The summed E-state index contributed by atoms with van der Waals surface area (Å²) in [6.45, 7) is 0.491. The summed E-state index contributed by atoms with van der Waals surface area (Å²) in [4.78, 5) is 0. The van der Waals surface area contributed by atoms with Gasteiger partial charge in [-0.1, -0.05) is 36.9 Å². The first-order chi connectivity index (χ1) is 8.90. The van der Waals surface area contributed by atoms with Gasteiger partial charge in [0.05, 0.1) is 0 Å². The zero-order valence-electron chi connectivity index (χ0n) is 11.4. The molecule has 0 heterocycles. The third-order valence-electron chi connectivity index (χ3n) is 2.87. The van der Waals surface area contributed by atoms with Gasteiger partial charge >= 0.3 is 58.4 Å². The number of fused-ring (bicyclic) bond motifs is 1. The first kappa shape index (κ1) is 17.8. The Morgan fingerprint density at radius 2 is 1.70 bits per heavy atom. The quantitative estimate of drug-likeness (QED) is 0.601. The molecule has 0 N–H and O–H groups in total. The fourth-order valence-electron chi connectivity index (χ4n) is 1.78. The van der Waals surface area contributed by atoms with Crippen LogP contribution in [0.25, 0.3) is 10.8 Å². The Morgan fingerprint density at radius 1 is 1.10 bits per heavy atom. The van der Waals surface area contributed by atoms with Gasteiger partial charge in [-0.15, -0.1) is 5.46 Å². The van der Waals surface area contributed by atoms with Gasteiger partial charge in [0.2, 0.25) is 0 Å². The number of halogens is 3. The number of ether oxygens (including phenoxy) is 1. The van der Waals surface area contributed by atoms with Crippen molar-refractivity contribution in [3.8, 4) is 5.75 Å². The van der Waals surface area contributed by atoms with E-state index >= 15 is 0 Å². The second-order valence-electron chi connectivity index (χ2n) is 4.40. The molecule has 2 aromatic rings. The summed E-state index contributed by atoms with van der Waals surface area (Å²) in [6, 6.07) is 8.74. The molecule has 1 atom stereocenters. The van der Waals surface area contributed by atoms with Crippen LogP contribution in [0, 0.1) is 0 Å². The predicted octanol–water partition coefficient (Wildman–Crippen LogP) is 0.851. The smallest absolute Gasteiger partial charge is 0.487 e. The largest absolute Gasteiger partial charge is 1.00 e. The van der Waals surface area contributed by atoms with E-state index in [1.54, 1.807) is 24.3 Å². The molecule has 0 bridgehead atoms. The van der Waals surface area contributed by atoms with E-state index in [0.717, 1.165) is 17.5 Å². The van der Waals surface area contributed by atoms with Crippen LogP contribution in [-0.4, -0.2) is 13.1 Å². The Bertz CT molecular complexity index is 613. The molecule has 0 amide bonds. The standard InChI is InChI=1S/C14H13BF3O.K/c1-3-10(2)19-14-7-5-11-8-13(15(16,17)18)6-4-12(11)9-14;/h3-10H,1H2,2H3;/q-1;+1. The van der Waals surface area contributed by atoms with Crippen LogP contribution >= 0.6 is 0 Å². The van der Waals surface area contributed by atoms with Gasteiger partial charge in [0.1, 0.15) is 11.9 Å². The molecule has 1 unspecified atom stereocenters. The molecule has 0 aliphatic carbocycles. The van der Waals surface area contributed by atoms with Gasteiger partial charge in [-0.25, -0.2) is 0 Å². The minimum absolute atomic E-state index is 0. The van der Waals surface area contributed by atoms with Crippen LogP contribution in [0.4, 0.5) is 12.9 Å². The van der Waals surface area contributed by atoms with Crippen molar-refractivity contribution in [3.63, 3.8) is 0 Å². The summed E-state index contributed by atoms with van der Waals surface area (Å²) in [6.07, 6.45) is 1.51. The Morgan fingerprint density at radius 3 is 2.30 bits per heavy atom. The summed E-state index contributed by atoms with van der Waals surface area (Å²) >= 11 is 0. The molecule has 100 valence electrons. The molecule has 2 aromatic carbocycles. The normalized spacial score (nSPS) is 12.6. The molecule has 0 spiro atoms. The molecule has 0 saturated carbocycles. The zero-order chi connectivity index (χ0) is 14.0. The second-order valence-corrected chi connectivity index (χ2v) is 4.40. The van der Waals surface area contributed by atoms with Crippen LogP contribution in [0.1, 0.15) is 6.92 Å². The zero-order valence-corrected chi connectivity index (χ0v) is 14.6. The fourth-order valence-corrected chi connectivity index (χ4v) is 1.78. The molecule has 0 aliphatic heterocycles. The minimum Gasteiger partial charge on any atom is -0.487 e. The number of hydrogen-bond acceptors (Lipinski definition) is 1. The van der Waals surface area contributed by atoms with Crippen molar-refractivity contribution in [1.82, 2.24) is 0 Å². The van der Waals surface area contributed by atoms with E-state index in [2.05, 4.69) is 6.58 Å². The molecule has 0 aromatic heterocycles. The molecule has 0 saturated heterocycles. The average molecular weight is 304 g/mol. The van der Waals surface area contributed by atoms with Gasteiger partial charge in [-0.05, 0) is 29.8 Å². The van der Waals surface area contributed by atoms with Crippen molar-refractivity contribution in [3.05, 3.63) is 49.1 Å². The van der Waals surface area contributed by atoms with Crippen LogP contribution in [0.5, 0.6) is 5.75 Å². The van der Waals surface area contributed by atoms with Gasteiger partial charge in [-0.2, -0.15) is 0 Å². The number of benzene rings is 2. The number of hydrogen-bond donors (Lipinski definition) is 0. The van der Waals surface area contributed by atoms with Crippen molar-refractivity contribution in [2.75, 3.05) is 0 Å². The van der Waals surface area contributed by atoms with Crippen LogP contribution in [-0.2, 0) is 0 Å². The fraction of sp³-hybridized carbons (Fsp3) is 0.143. The summed E-state index contributed by atoms with van der Waals surface area (Å²) in [5.74, 6) is 0.616. The molecule has 20 heavy (non-hydrogen) atoms. The Labute approximate surface area is 158 Å².